The van der Waals surface area contributed by atoms with Gasteiger partial charge < -0.3 is 10.2 Å². The second-order valence-electron chi connectivity index (χ2n) is 6.04. The van der Waals surface area contributed by atoms with Gasteiger partial charge >= 0.3 is 0 Å². The Morgan fingerprint density at radius 1 is 0.682 bits per heavy atom. The molecule has 2 rings (SSSR count). The maximum atomic E-state index is 10.3. The molecular formula is C20H26O2. The molecule has 0 unspecified atom stereocenters. The highest BCUT2D eigenvalue weighted by atomic mass is 16.3. The van der Waals surface area contributed by atoms with E-state index in [-0.39, 0.29) is 5.92 Å². The lowest BCUT2D eigenvalue weighted by Crippen LogP contribution is -2.30. The molecule has 2 nitrogen and oxygen atoms in total. The molecule has 2 aromatic rings. The number of aliphatic hydroxyl groups excluding tert-OH is 2. The van der Waals surface area contributed by atoms with Crippen LogP contribution in [-0.4, -0.2) is 22.4 Å². The second kappa shape index (κ2) is 8.72. The molecule has 2 atom stereocenters. The summed E-state index contributed by atoms with van der Waals surface area (Å²) in [7, 11) is 0. The lowest BCUT2D eigenvalue weighted by Gasteiger charge is -2.24. The van der Waals surface area contributed by atoms with Gasteiger partial charge in [-0.1, -0.05) is 67.6 Å². The van der Waals surface area contributed by atoms with Crippen LogP contribution in [0.3, 0.4) is 0 Å². The van der Waals surface area contributed by atoms with E-state index in [9.17, 15) is 10.2 Å². The summed E-state index contributed by atoms with van der Waals surface area (Å²) in [5.41, 5.74) is 2.46. The summed E-state index contributed by atoms with van der Waals surface area (Å²) < 4.78 is 0. The van der Waals surface area contributed by atoms with Crippen LogP contribution in [0.4, 0.5) is 0 Å². The molecule has 0 spiro atoms. The van der Waals surface area contributed by atoms with E-state index in [0.29, 0.717) is 12.8 Å². The molecule has 0 fully saturated rings. The molecule has 0 aliphatic carbocycles. The molecule has 0 saturated heterocycles. The molecule has 2 N–H and O–H groups in total. The standard InChI is InChI=1S/C20H26O2/c1-16(19(21)14-12-17-8-4-2-5-9-17)20(22)15-13-18-10-6-3-7-11-18/h2-11,16,19-22H,12-15H2,1H3/t19-,20-/m0/s1. The number of rotatable bonds is 8. The van der Waals surface area contributed by atoms with E-state index in [1.165, 1.54) is 11.1 Å². The Hall–Kier alpha value is -1.64. The number of hydrogen-bond donors (Lipinski definition) is 2. The van der Waals surface area contributed by atoms with Gasteiger partial charge in [-0.25, -0.2) is 0 Å². The molecule has 118 valence electrons. The maximum Gasteiger partial charge on any atom is 0.0593 e. The van der Waals surface area contributed by atoms with Gasteiger partial charge in [0, 0.05) is 5.92 Å². The zero-order chi connectivity index (χ0) is 15.8. The van der Waals surface area contributed by atoms with Crippen LogP contribution in [0.25, 0.3) is 0 Å². The van der Waals surface area contributed by atoms with Crippen molar-refractivity contribution in [2.75, 3.05) is 0 Å². The third kappa shape index (κ3) is 5.28. The second-order valence-corrected chi connectivity index (χ2v) is 6.04. The third-order valence-electron chi connectivity index (χ3n) is 4.36. The first kappa shape index (κ1) is 16.7. The summed E-state index contributed by atoms with van der Waals surface area (Å²) in [6.07, 6.45) is 2.13. The molecule has 0 bridgehead atoms. The van der Waals surface area contributed by atoms with Crippen LogP contribution in [0, 0.1) is 5.92 Å². The summed E-state index contributed by atoms with van der Waals surface area (Å²) in [6, 6.07) is 20.3. The number of aliphatic hydroxyl groups is 2. The van der Waals surface area contributed by atoms with Crippen molar-refractivity contribution >= 4 is 0 Å². The summed E-state index contributed by atoms with van der Waals surface area (Å²) in [4.78, 5) is 0. The van der Waals surface area contributed by atoms with E-state index in [1.54, 1.807) is 0 Å². The fourth-order valence-electron chi connectivity index (χ4n) is 2.70. The Bertz CT molecular complexity index is 474. The molecule has 0 amide bonds. The van der Waals surface area contributed by atoms with Gasteiger partial charge in [0.05, 0.1) is 12.2 Å². The van der Waals surface area contributed by atoms with Crippen molar-refractivity contribution in [3.63, 3.8) is 0 Å². The molecule has 0 aromatic heterocycles. The number of benzene rings is 2. The minimum atomic E-state index is -0.467. The zero-order valence-corrected chi connectivity index (χ0v) is 13.2. The van der Waals surface area contributed by atoms with Crippen molar-refractivity contribution in [2.24, 2.45) is 5.92 Å². The lowest BCUT2D eigenvalue weighted by molar-refractivity contribution is 0.0142. The van der Waals surface area contributed by atoms with Crippen molar-refractivity contribution in [3.05, 3.63) is 71.8 Å². The Labute approximate surface area is 133 Å². The predicted molar refractivity (Wildman–Crippen MR) is 90.7 cm³/mol. The fraction of sp³-hybridized carbons (Fsp3) is 0.400. The molecule has 0 saturated carbocycles. The van der Waals surface area contributed by atoms with Crippen LogP contribution in [0.1, 0.15) is 30.9 Å². The number of hydrogen-bond acceptors (Lipinski definition) is 2. The van der Waals surface area contributed by atoms with E-state index in [2.05, 4.69) is 24.3 Å². The van der Waals surface area contributed by atoms with E-state index in [4.69, 9.17) is 0 Å². The molecule has 0 heterocycles. The van der Waals surface area contributed by atoms with E-state index in [0.717, 1.165) is 12.8 Å². The Kier molecular flexibility index (Phi) is 6.63. The Balaban J connectivity index is 1.75. The predicted octanol–water partition coefficient (Wildman–Crippen LogP) is 3.61. The van der Waals surface area contributed by atoms with Gasteiger partial charge in [0.15, 0.2) is 0 Å². The molecule has 2 heteroatoms. The van der Waals surface area contributed by atoms with Crippen molar-refractivity contribution < 1.29 is 10.2 Å². The first-order chi connectivity index (χ1) is 10.7. The molecule has 0 aliphatic rings. The van der Waals surface area contributed by atoms with Crippen molar-refractivity contribution in [2.45, 2.75) is 44.8 Å². The summed E-state index contributed by atoms with van der Waals surface area (Å²) in [5, 5.41) is 20.6. The topological polar surface area (TPSA) is 40.5 Å². The summed E-state index contributed by atoms with van der Waals surface area (Å²) >= 11 is 0. The monoisotopic (exact) mass is 298 g/mol. The molecular weight excluding hydrogens is 272 g/mol. The van der Waals surface area contributed by atoms with Crippen LogP contribution in [-0.2, 0) is 12.8 Å². The molecule has 0 radical (unpaired) electrons. The van der Waals surface area contributed by atoms with Crippen LogP contribution in [0.15, 0.2) is 60.7 Å². The van der Waals surface area contributed by atoms with Crippen LogP contribution in [0.2, 0.25) is 0 Å². The highest BCUT2D eigenvalue weighted by Gasteiger charge is 2.22. The Morgan fingerprint density at radius 3 is 1.41 bits per heavy atom. The molecule has 2 aromatic carbocycles. The SMILES string of the molecule is CC([C@@H](O)CCc1ccccc1)[C@@H](O)CCc1ccccc1. The van der Waals surface area contributed by atoms with Gasteiger partial charge in [0.1, 0.15) is 0 Å². The smallest absolute Gasteiger partial charge is 0.0593 e. The lowest BCUT2D eigenvalue weighted by atomic mass is 9.90. The third-order valence-corrected chi connectivity index (χ3v) is 4.36. The van der Waals surface area contributed by atoms with Gasteiger partial charge in [-0.3, -0.25) is 0 Å². The molecule has 22 heavy (non-hydrogen) atoms. The molecule has 0 aliphatic heterocycles. The van der Waals surface area contributed by atoms with Gasteiger partial charge in [-0.15, -0.1) is 0 Å². The minimum Gasteiger partial charge on any atom is -0.393 e. The fourth-order valence-corrected chi connectivity index (χ4v) is 2.70. The van der Waals surface area contributed by atoms with E-state index < -0.39 is 12.2 Å². The summed E-state index contributed by atoms with van der Waals surface area (Å²) in [6.45, 7) is 1.94. The van der Waals surface area contributed by atoms with Crippen LogP contribution in [0.5, 0.6) is 0 Å². The average Bonchev–Trinajstić information content (AvgIpc) is 2.58. The van der Waals surface area contributed by atoms with Gasteiger partial charge in [-0.2, -0.15) is 0 Å². The average molecular weight is 298 g/mol. The van der Waals surface area contributed by atoms with Gasteiger partial charge in [0.25, 0.3) is 0 Å². The van der Waals surface area contributed by atoms with Crippen molar-refractivity contribution in [1.82, 2.24) is 0 Å². The zero-order valence-electron chi connectivity index (χ0n) is 13.2. The summed E-state index contributed by atoms with van der Waals surface area (Å²) in [5.74, 6) is -0.104. The van der Waals surface area contributed by atoms with E-state index >= 15 is 0 Å². The highest BCUT2D eigenvalue weighted by Crippen LogP contribution is 2.18. The number of aryl methyl sites for hydroxylation is 2. The maximum absolute atomic E-state index is 10.3. The minimum absolute atomic E-state index is 0.104. The van der Waals surface area contributed by atoms with Gasteiger partial charge in [-0.05, 0) is 36.8 Å². The van der Waals surface area contributed by atoms with Crippen LogP contribution < -0.4 is 0 Å². The largest absolute Gasteiger partial charge is 0.393 e. The van der Waals surface area contributed by atoms with Crippen LogP contribution >= 0.6 is 0 Å². The first-order valence-corrected chi connectivity index (χ1v) is 8.11. The highest BCUT2D eigenvalue weighted by molar-refractivity contribution is 5.15. The van der Waals surface area contributed by atoms with E-state index in [1.807, 2.05) is 43.3 Å². The quantitative estimate of drug-likeness (QED) is 0.781. The van der Waals surface area contributed by atoms with Crippen molar-refractivity contribution in [3.8, 4) is 0 Å². The first-order valence-electron chi connectivity index (χ1n) is 8.11. The normalized spacial score (nSPS) is 14.0. The van der Waals surface area contributed by atoms with Crippen molar-refractivity contribution in [1.29, 1.82) is 0 Å². The van der Waals surface area contributed by atoms with Gasteiger partial charge in [0.2, 0.25) is 0 Å². The Morgan fingerprint density at radius 2 is 1.05 bits per heavy atom.